The zero-order chi connectivity index (χ0) is 17.9. The van der Waals surface area contributed by atoms with Crippen LogP contribution >= 0.6 is 0 Å². The van der Waals surface area contributed by atoms with Crippen molar-refractivity contribution in [1.82, 2.24) is 15.3 Å². The van der Waals surface area contributed by atoms with Crippen LogP contribution in [0.15, 0.2) is 18.5 Å². The Kier molecular flexibility index (Phi) is 5.22. The summed E-state index contributed by atoms with van der Waals surface area (Å²) in [7, 11) is 0. The number of rotatable bonds is 4. The molecule has 0 atom stereocenters. The zero-order valence-corrected chi connectivity index (χ0v) is 14.9. The number of hydrogen-bond donors (Lipinski definition) is 1. The standard InChI is InChI=1S/C18H25N3O4/c1-18(2,3)21-17(22)25-14-10-13(11-14)24-16-15(19-6-7-20-16)12-4-8-23-9-5-12/h4,6-7,13-14H,5,8-11H2,1-3H3,(H,21,22). The summed E-state index contributed by atoms with van der Waals surface area (Å²) in [5.41, 5.74) is 1.58. The molecule has 0 bridgehead atoms. The minimum Gasteiger partial charge on any atom is -0.473 e. The van der Waals surface area contributed by atoms with Gasteiger partial charge in [-0.1, -0.05) is 6.08 Å². The average Bonchev–Trinajstić information content (AvgIpc) is 2.52. The van der Waals surface area contributed by atoms with Gasteiger partial charge in [-0.05, 0) is 32.8 Å². The Hall–Kier alpha value is -2.15. The van der Waals surface area contributed by atoms with Crippen LogP contribution in [0.1, 0.15) is 45.7 Å². The van der Waals surface area contributed by atoms with Crippen LogP contribution in [0.2, 0.25) is 0 Å². The van der Waals surface area contributed by atoms with Crippen molar-refractivity contribution in [3.8, 4) is 5.88 Å². The first kappa shape index (κ1) is 17.7. The van der Waals surface area contributed by atoms with Crippen molar-refractivity contribution in [2.75, 3.05) is 13.2 Å². The molecule has 7 heteroatoms. The van der Waals surface area contributed by atoms with Crippen molar-refractivity contribution < 1.29 is 19.0 Å². The maximum absolute atomic E-state index is 11.8. The van der Waals surface area contributed by atoms with Crippen LogP contribution in [0.25, 0.3) is 5.57 Å². The summed E-state index contributed by atoms with van der Waals surface area (Å²) in [6.07, 6.45) is 6.93. The molecule has 3 rings (SSSR count). The van der Waals surface area contributed by atoms with Gasteiger partial charge in [-0.15, -0.1) is 0 Å². The molecule has 1 aliphatic carbocycles. The molecule has 136 valence electrons. The molecule has 1 aliphatic heterocycles. The van der Waals surface area contributed by atoms with Gasteiger partial charge in [-0.3, -0.25) is 0 Å². The second-order valence-corrected chi connectivity index (χ2v) is 7.38. The molecule has 0 spiro atoms. The van der Waals surface area contributed by atoms with E-state index in [-0.39, 0.29) is 23.8 Å². The minimum atomic E-state index is -0.386. The maximum atomic E-state index is 11.8. The molecule has 0 unspecified atom stereocenters. The van der Waals surface area contributed by atoms with Crippen molar-refractivity contribution >= 4 is 11.7 Å². The van der Waals surface area contributed by atoms with Crippen molar-refractivity contribution in [3.63, 3.8) is 0 Å². The Labute approximate surface area is 147 Å². The first-order chi connectivity index (χ1) is 11.9. The van der Waals surface area contributed by atoms with E-state index in [1.165, 1.54) is 0 Å². The minimum absolute atomic E-state index is 0.0108. The number of ether oxygens (including phenoxy) is 3. The highest BCUT2D eigenvalue weighted by atomic mass is 16.6. The molecule has 25 heavy (non-hydrogen) atoms. The van der Waals surface area contributed by atoms with E-state index in [0.29, 0.717) is 31.9 Å². The zero-order valence-electron chi connectivity index (χ0n) is 14.9. The molecule has 2 aliphatic rings. The van der Waals surface area contributed by atoms with Gasteiger partial charge in [0.1, 0.15) is 17.9 Å². The quantitative estimate of drug-likeness (QED) is 0.902. The molecule has 1 N–H and O–H groups in total. The van der Waals surface area contributed by atoms with Gasteiger partial charge in [0.15, 0.2) is 0 Å². The predicted molar refractivity (Wildman–Crippen MR) is 92.3 cm³/mol. The topological polar surface area (TPSA) is 82.6 Å². The molecular weight excluding hydrogens is 322 g/mol. The number of nitrogens with zero attached hydrogens (tertiary/aromatic N) is 2. The Balaban J connectivity index is 1.52. The molecule has 7 nitrogen and oxygen atoms in total. The molecule has 1 amide bonds. The lowest BCUT2D eigenvalue weighted by molar-refractivity contribution is -0.0262. The summed E-state index contributed by atoms with van der Waals surface area (Å²) in [5, 5.41) is 2.79. The lowest BCUT2D eigenvalue weighted by Gasteiger charge is -2.35. The fourth-order valence-electron chi connectivity index (χ4n) is 2.73. The second kappa shape index (κ2) is 7.39. The lowest BCUT2D eigenvalue weighted by atomic mass is 9.92. The van der Waals surface area contributed by atoms with Gasteiger partial charge in [0.25, 0.3) is 0 Å². The number of nitrogens with one attached hydrogen (secondary N) is 1. The number of carbonyl (C=O) groups is 1. The number of alkyl carbamates (subject to hydrolysis) is 1. The molecular formula is C18H25N3O4. The van der Waals surface area contributed by atoms with Crippen LogP contribution in [-0.2, 0) is 9.47 Å². The Bertz CT molecular complexity index is 648. The largest absolute Gasteiger partial charge is 0.473 e. The average molecular weight is 347 g/mol. The number of carbonyl (C=O) groups excluding carboxylic acids is 1. The molecule has 0 saturated heterocycles. The first-order valence-electron chi connectivity index (χ1n) is 8.64. The van der Waals surface area contributed by atoms with Gasteiger partial charge in [-0.25, -0.2) is 14.8 Å². The Morgan fingerprint density at radius 1 is 1.24 bits per heavy atom. The van der Waals surface area contributed by atoms with Crippen molar-refractivity contribution in [3.05, 3.63) is 24.2 Å². The van der Waals surface area contributed by atoms with Crippen molar-refractivity contribution in [1.29, 1.82) is 0 Å². The fraction of sp³-hybridized carbons (Fsp3) is 0.611. The first-order valence-corrected chi connectivity index (χ1v) is 8.64. The van der Waals surface area contributed by atoms with E-state index in [0.717, 1.165) is 17.7 Å². The maximum Gasteiger partial charge on any atom is 0.407 e. The van der Waals surface area contributed by atoms with Crippen LogP contribution in [0.5, 0.6) is 5.88 Å². The highest BCUT2D eigenvalue weighted by Gasteiger charge is 2.35. The van der Waals surface area contributed by atoms with E-state index >= 15 is 0 Å². The number of hydrogen-bond acceptors (Lipinski definition) is 6. The van der Waals surface area contributed by atoms with Crippen LogP contribution in [0.3, 0.4) is 0 Å². The summed E-state index contributed by atoms with van der Waals surface area (Å²) in [6.45, 7) is 7.03. The van der Waals surface area contributed by atoms with Gasteiger partial charge in [0.05, 0.1) is 13.2 Å². The van der Waals surface area contributed by atoms with Gasteiger partial charge in [-0.2, -0.15) is 0 Å². The molecule has 1 aromatic rings. The van der Waals surface area contributed by atoms with Crippen LogP contribution in [0, 0.1) is 0 Å². The van der Waals surface area contributed by atoms with E-state index < -0.39 is 0 Å². The molecule has 0 aromatic carbocycles. The predicted octanol–water partition coefficient (Wildman–Crippen LogP) is 2.71. The van der Waals surface area contributed by atoms with Crippen molar-refractivity contribution in [2.24, 2.45) is 0 Å². The van der Waals surface area contributed by atoms with Crippen LogP contribution in [-0.4, -0.2) is 47.0 Å². The molecule has 1 saturated carbocycles. The summed E-state index contributed by atoms with van der Waals surface area (Å²) in [5.74, 6) is 0.540. The molecule has 1 aromatic heterocycles. The monoisotopic (exact) mass is 347 g/mol. The van der Waals surface area contributed by atoms with Crippen LogP contribution in [0.4, 0.5) is 4.79 Å². The van der Waals surface area contributed by atoms with Gasteiger partial charge < -0.3 is 19.5 Å². The summed E-state index contributed by atoms with van der Waals surface area (Å²) in [4.78, 5) is 20.5. The lowest BCUT2D eigenvalue weighted by Crippen LogP contribution is -2.46. The van der Waals surface area contributed by atoms with Gasteiger partial charge in [0, 0.05) is 30.8 Å². The SMILES string of the molecule is CC(C)(C)NC(=O)OC1CC(Oc2nccnc2C2=CCOCC2)C1. The van der Waals surface area contributed by atoms with Gasteiger partial charge in [0.2, 0.25) is 5.88 Å². The highest BCUT2D eigenvalue weighted by Crippen LogP contribution is 2.32. The fourth-order valence-corrected chi connectivity index (χ4v) is 2.73. The van der Waals surface area contributed by atoms with E-state index in [9.17, 15) is 4.79 Å². The van der Waals surface area contributed by atoms with Crippen molar-refractivity contribution in [2.45, 2.75) is 57.8 Å². The Morgan fingerprint density at radius 3 is 2.68 bits per heavy atom. The Morgan fingerprint density at radius 2 is 2.00 bits per heavy atom. The van der Waals surface area contributed by atoms with E-state index in [4.69, 9.17) is 14.2 Å². The van der Waals surface area contributed by atoms with Gasteiger partial charge >= 0.3 is 6.09 Å². The summed E-state index contributed by atoms with van der Waals surface area (Å²) in [6, 6.07) is 0. The number of amides is 1. The third-order valence-electron chi connectivity index (χ3n) is 4.01. The molecule has 0 radical (unpaired) electrons. The highest BCUT2D eigenvalue weighted by molar-refractivity contribution is 5.68. The van der Waals surface area contributed by atoms with E-state index in [1.54, 1.807) is 12.4 Å². The third-order valence-corrected chi connectivity index (χ3v) is 4.01. The summed E-state index contributed by atoms with van der Waals surface area (Å²) >= 11 is 0. The normalized spacial score (nSPS) is 23.2. The smallest absolute Gasteiger partial charge is 0.407 e. The van der Waals surface area contributed by atoms with E-state index in [2.05, 4.69) is 15.3 Å². The summed E-state index contributed by atoms with van der Waals surface area (Å²) < 4.78 is 16.7. The molecule has 2 heterocycles. The third kappa shape index (κ3) is 4.92. The van der Waals surface area contributed by atoms with E-state index in [1.807, 2.05) is 26.8 Å². The second-order valence-electron chi connectivity index (χ2n) is 7.38. The molecule has 1 fully saturated rings. The van der Waals surface area contributed by atoms with Crippen LogP contribution < -0.4 is 10.1 Å². The number of aromatic nitrogens is 2.